The van der Waals surface area contributed by atoms with E-state index in [0.717, 1.165) is 38.9 Å². The van der Waals surface area contributed by atoms with Crippen LogP contribution in [0.1, 0.15) is 40.9 Å². The highest BCUT2D eigenvalue weighted by atomic mass is 19.1. The first-order valence-electron chi connectivity index (χ1n) is 12.1. The largest absolute Gasteiger partial charge is 0.352 e. The molecule has 0 spiro atoms. The van der Waals surface area contributed by atoms with Gasteiger partial charge in [-0.1, -0.05) is 30.3 Å². The maximum Gasteiger partial charge on any atom is 0.254 e. The standard InChI is InChI=1S/C27H29FN6O/c1-19-23(17-31-25-16-24(32-34(19)25)22-8-5-12-29-26(22)28)27(35)30-13-9-20-10-14-33(15-11-20)18-21-6-3-2-4-7-21/h2-8,12,16-17,20H,9-11,13-15,18H2,1H3,(H,30,35). The van der Waals surface area contributed by atoms with Gasteiger partial charge in [-0.25, -0.2) is 14.5 Å². The van der Waals surface area contributed by atoms with Crippen LogP contribution in [0.4, 0.5) is 4.39 Å². The summed E-state index contributed by atoms with van der Waals surface area (Å²) in [5.41, 5.74) is 3.78. The van der Waals surface area contributed by atoms with Crippen LogP contribution < -0.4 is 5.32 Å². The lowest BCUT2D eigenvalue weighted by atomic mass is 9.93. The molecule has 4 heterocycles. The molecular weight excluding hydrogens is 443 g/mol. The van der Waals surface area contributed by atoms with Crippen LogP contribution in [0.5, 0.6) is 0 Å². The SMILES string of the molecule is Cc1c(C(=O)NCCC2CCN(Cc3ccccc3)CC2)cnc2cc(-c3cccnc3F)nn12. The minimum absolute atomic E-state index is 0.164. The van der Waals surface area contributed by atoms with Crippen molar-refractivity contribution >= 4 is 11.6 Å². The topological polar surface area (TPSA) is 75.4 Å². The van der Waals surface area contributed by atoms with Crippen molar-refractivity contribution in [2.45, 2.75) is 32.7 Å². The fourth-order valence-electron chi connectivity index (χ4n) is 4.74. The van der Waals surface area contributed by atoms with Crippen LogP contribution in [-0.4, -0.2) is 50.0 Å². The fraction of sp³-hybridized carbons (Fsp3) is 0.333. The smallest absolute Gasteiger partial charge is 0.254 e. The number of aromatic nitrogens is 4. The van der Waals surface area contributed by atoms with Gasteiger partial charge >= 0.3 is 0 Å². The number of pyridine rings is 1. The average Bonchev–Trinajstić information content (AvgIpc) is 3.31. The highest BCUT2D eigenvalue weighted by molar-refractivity contribution is 5.95. The van der Waals surface area contributed by atoms with Gasteiger partial charge in [-0.3, -0.25) is 9.69 Å². The Balaban J connectivity index is 1.15. The summed E-state index contributed by atoms with van der Waals surface area (Å²) in [6.45, 7) is 5.63. The number of carbonyl (C=O) groups excluding carboxylic acids is 1. The molecule has 0 unspecified atom stereocenters. The third-order valence-corrected chi connectivity index (χ3v) is 6.80. The van der Waals surface area contributed by atoms with Gasteiger partial charge in [0.05, 0.1) is 22.5 Å². The molecule has 0 radical (unpaired) electrons. The number of aryl methyl sites for hydroxylation is 1. The van der Waals surface area contributed by atoms with E-state index in [4.69, 9.17) is 0 Å². The molecular formula is C27H29FN6O. The van der Waals surface area contributed by atoms with Gasteiger partial charge in [-0.05, 0) is 62.9 Å². The van der Waals surface area contributed by atoms with Crippen LogP contribution in [0.25, 0.3) is 16.9 Å². The lowest BCUT2D eigenvalue weighted by Crippen LogP contribution is -2.35. The number of carbonyl (C=O) groups is 1. The molecule has 1 saturated heterocycles. The molecule has 1 aliphatic heterocycles. The van der Waals surface area contributed by atoms with Gasteiger partial charge in [0.15, 0.2) is 5.65 Å². The predicted octanol–water partition coefficient (Wildman–Crippen LogP) is 4.27. The van der Waals surface area contributed by atoms with E-state index in [1.54, 1.807) is 28.9 Å². The van der Waals surface area contributed by atoms with Crippen molar-refractivity contribution < 1.29 is 9.18 Å². The van der Waals surface area contributed by atoms with Gasteiger partial charge in [0.1, 0.15) is 0 Å². The molecule has 8 heteroatoms. The Hall–Kier alpha value is -3.65. The summed E-state index contributed by atoms with van der Waals surface area (Å²) in [7, 11) is 0. The number of fused-ring (bicyclic) bond motifs is 1. The molecule has 1 fully saturated rings. The molecule has 0 saturated carbocycles. The van der Waals surface area contributed by atoms with Crippen LogP contribution in [-0.2, 0) is 6.54 Å². The molecule has 1 aromatic carbocycles. The maximum absolute atomic E-state index is 14.1. The first kappa shape index (κ1) is 23.1. The van der Waals surface area contributed by atoms with Crippen molar-refractivity contribution in [2.24, 2.45) is 5.92 Å². The number of piperidine rings is 1. The molecule has 180 valence electrons. The molecule has 7 nitrogen and oxygen atoms in total. The van der Waals surface area contributed by atoms with Crippen molar-refractivity contribution in [3.8, 4) is 11.3 Å². The minimum atomic E-state index is -0.586. The zero-order valence-corrected chi connectivity index (χ0v) is 19.8. The second kappa shape index (κ2) is 10.3. The molecule has 4 aromatic rings. The van der Waals surface area contributed by atoms with Gasteiger partial charge in [-0.2, -0.15) is 9.49 Å². The molecule has 0 atom stereocenters. The molecule has 5 rings (SSSR count). The van der Waals surface area contributed by atoms with E-state index in [1.165, 1.54) is 11.8 Å². The Labute approximate surface area is 204 Å². The van der Waals surface area contributed by atoms with Crippen molar-refractivity contribution in [3.05, 3.63) is 83.7 Å². The van der Waals surface area contributed by atoms with E-state index in [0.29, 0.717) is 40.6 Å². The average molecular weight is 473 g/mol. The van der Waals surface area contributed by atoms with Gasteiger partial charge in [0.25, 0.3) is 5.91 Å². The summed E-state index contributed by atoms with van der Waals surface area (Å²) in [4.78, 5) is 23.4. The fourth-order valence-corrected chi connectivity index (χ4v) is 4.74. The first-order chi connectivity index (χ1) is 17.1. The third kappa shape index (κ3) is 5.22. The third-order valence-electron chi connectivity index (χ3n) is 6.80. The number of nitrogens with zero attached hydrogens (tertiary/aromatic N) is 5. The summed E-state index contributed by atoms with van der Waals surface area (Å²) in [5.74, 6) is -0.132. The Bertz CT molecular complexity index is 1310. The number of likely N-dealkylation sites (tertiary alicyclic amines) is 1. The zero-order chi connectivity index (χ0) is 24.2. The molecule has 1 amide bonds. The molecule has 0 aliphatic carbocycles. The monoisotopic (exact) mass is 472 g/mol. The van der Waals surface area contributed by atoms with Gasteiger partial charge < -0.3 is 5.32 Å². The van der Waals surface area contributed by atoms with Gasteiger partial charge in [0.2, 0.25) is 5.95 Å². The van der Waals surface area contributed by atoms with Crippen molar-refractivity contribution in [1.82, 2.24) is 29.8 Å². The van der Waals surface area contributed by atoms with Gasteiger partial charge in [-0.15, -0.1) is 0 Å². The summed E-state index contributed by atoms with van der Waals surface area (Å²) < 4.78 is 15.7. The molecule has 0 bridgehead atoms. The van der Waals surface area contributed by atoms with Crippen molar-refractivity contribution in [2.75, 3.05) is 19.6 Å². The quantitative estimate of drug-likeness (QED) is 0.407. The Morgan fingerprint density at radius 3 is 2.69 bits per heavy atom. The lowest BCUT2D eigenvalue weighted by Gasteiger charge is -2.32. The second-order valence-corrected chi connectivity index (χ2v) is 9.15. The minimum Gasteiger partial charge on any atom is -0.352 e. The van der Waals surface area contributed by atoms with Crippen LogP contribution >= 0.6 is 0 Å². The Morgan fingerprint density at radius 2 is 1.91 bits per heavy atom. The molecule has 1 N–H and O–H groups in total. The van der Waals surface area contributed by atoms with E-state index in [-0.39, 0.29) is 5.91 Å². The molecule has 3 aromatic heterocycles. The van der Waals surface area contributed by atoms with E-state index < -0.39 is 5.95 Å². The lowest BCUT2D eigenvalue weighted by molar-refractivity contribution is 0.0946. The van der Waals surface area contributed by atoms with Crippen molar-refractivity contribution in [3.63, 3.8) is 0 Å². The van der Waals surface area contributed by atoms with Crippen LogP contribution in [0.2, 0.25) is 0 Å². The summed E-state index contributed by atoms with van der Waals surface area (Å²) in [6.07, 6.45) is 6.22. The van der Waals surface area contributed by atoms with Crippen LogP contribution in [0.15, 0.2) is 60.9 Å². The number of nitrogens with one attached hydrogen (secondary N) is 1. The predicted molar refractivity (Wildman–Crippen MR) is 132 cm³/mol. The number of rotatable bonds is 7. The zero-order valence-electron chi connectivity index (χ0n) is 19.8. The van der Waals surface area contributed by atoms with Gasteiger partial charge in [0, 0.05) is 31.5 Å². The van der Waals surface area contributed by atoms with Crippen LogP contribution in [0, 0.1) is 18.8 Å². The number of benzene rings is 1. The maximum atomic E-state index is 14.1. The first-order valence-corrected chi connectivity index (χ1v) is 12.1. The normalized spacial score (nSPS) is 14.9. The number of hydrogen-bond acceptors (Lipinski definition) is 5. The summed E-state index contributed by atoms with van der Waals surface area (Å²) in [6, 6.07) is 15.6. The van der Waals surface area contributed by atoms with E-state index >= 15 is 0 Å². The summed E-state index contributed by atoms with van der Waals surface area (Å²) >= 11 is 0. The highest BCUT2D eigenvalue weighted by Gasteiger charge is 2.20. The number of amides is 1. The van der Waals surface area contributed by atoms with E-state index in [1.807, 2.05) is 6.92 Å². The second-order valence-electron chi connectivity index (χ2n) is 9.15. The van der Waals surface area contributed by atoms with Crippen LogP contribution in [0.3, 0.4) is 0 Å². The highest BCUT2D eigenvalue weighted by Crippen LogP contribution is 2.23. The molecule has 35 heavy (non-hydrogen) atoms. The van der Waals surface area contributed by atoms with E-state index in [2.05, 4.69) is 55.6 Å². The number of halogens is 1. The molecule has 1 aliphatic rings. The van der Waals surface area contributed by atoms with E-state index in [9.17, 15) is 9.18 Å². The number of hydrogen-bond donors (Lipinski definition) is 1. The van der Waals surface area contributed by atoms with Crippen molar-refractivity contribution in [1.29, 1.82) is 0 Å². The Morgan fingerprint density at radius 1 is 1.11 bits per heavy atom. The Kier molecular flexibility index (Phi) is 6.81. The summed E-state index contributed by atoms with van der Waals surface area (Å²) in [5, 5.41) is 7.51.